The lowest BCUT2D eigenvalue weighted by Gasteiger charge is -2.25. The molecule has 0 aromatic heterocycles. The number of carbonyl (C=O) groups excluding carboxylic acids is 2. The summed E-state index contributed by atoms with van der Waals surface area (Å²) in [5.41, 5.74) is 0.663. The summed E-state index contributed by atoms with van der Waals surface area (Å²) in [6.07, 6.45) is -0.973. The number of benzene rings is 2. The number of aliphatic hydroxyl groups is 2. The van der Waals surface area contributed by atoms with Crippen molar-refractivity contribution < 1.29 is 30.0 Å². The van der Waals surface area contributed by atoms with Crippen LogP contribution in [0, 0.1) is 0 Å². The van der Waals surface area contributed by atoms with Gasteiger partial charge in [-0.1, -0.05) is 0 Å². The Labute approximate surface area is 222 Å². The number of phenols is 2. The summed E-state index contributed by atoms with van der Waals surface area (Å²) < 4.78 is 0. The Morgan fingerprint density at radius 3 is 1.33 bits per heavy atom. The van der Waals surface area contributed by atoms with E-state index in [4.69, 9.17) is 0 Å². The normalized spacial score (nSPS) is 13.6. The molecule has 1 aliphatic rings. The molecule has 8 N–H and O–H groups in total. The molecule has 3 rings (SSSR count). The number of nitrogens with one attached hydrogen (secondary N) is 4. The average Bonchev–Trinajstić information content (AvgIpc) is 2.78. The standard InChI is InChI=1S/C24H32N4O6.2ClH/c1-13(29)11-25-7-9-27-15-3-4-16(28-10-8-26-12-14(2)30)20-19(15)23(33)21-17(31)5-6-18(32)22(21)24(20)34;;/h3-6,13-14,25-32H,7-12H2,1-2H3;2*1H. The van der Waals surface area contributed by atoms with E-state index in [1.165, 1.54) is 12.1 Å². The number of hydrogen-bond donors (Lipinski definition) is 8. The molecule has 2 aromatic rings. The van der Waals surface area contributed by atoms with Crippen molar-refractivity contribution in [3.63, 3.8) is 0 Å². The highest BCUT2D eigenvalue weighted by Crippen LogP contribution is 2.42. The molecule has 2 aromatic carbocycles. The van der Waals surface area contributed by atoms with Crippen molar-refractivity contribution >= 4 is 47.8 Å². The van der Waals surface area contributed by atoms with Gasteiger partial charge in [0.2, 0.25) is 11.6 Å². The predicted octanol–water partition coefficient (Wildman–Crippen LogP) is 1.48. The lowest BCUT2D eigenvalue weighted by atomic mass is 9.81. The number of hydrogen-bond acceptors (Lipinski definition) is 10. The second-order valence-corrected chi connectivity index (χ2v) is 8.38. The van der Waals surface area contributed by atoms with Gasteiger partial charge in [-0.05, 0) is 38.1 Å². The molecule has 0 saturated carbocycles. The number of anilines is 2. The van der Waals surface area contributed by atoms with E-state index in [1.54, 1.807) is 26.0 Å². The van der Waals surface area contributed by atoms with Crippen LogP contribution in [0.5, 0.6) is 11.5 Å². The molecule has 200 valence electrons. The minimum atomic E-state index is -0.562. The van der Waals surface area contributed by atoms with Crippen molar-refractivity contribution in [2.24, 2.45) is 0 Å². The topological polar surface area (TPSA) is 163 Å². The van der Waals surface area contributed by atoms with Gasteiger partial charge in [0.15, 0.2) is 0 Å². The molecular weight excluding hydrogens is 511 g/mol. The van der Waals surface area contributed by atoms with E-state index in [2.05, 4.69) is 21.3 Å². The summed E-state index contributed by atoms with van der Waals surface area (Å²) in [5.74, 6) is -1.87. The fourth-order valence-corrected chi connectivity index (χ4v) is 3.85. The Hall–Kier alpha value is -2.60. The van der Waals surface area contributed by atoms with Crippen LogP contribution in [0.2, 0.25) is 0 Å². The maximum absolute atomic E-state index is 13.4. The van der Waals surface area contributed by atoms with Crippen LogP contribution in [0.3, 0.4) is 0 Å². The molecule has 1 aliphatic carbocycles. The number of aromatic hydroxyl groups is 2. The molecular formula is C24H34Cl2N4O6. The van der Waals surface area contributed by atoms with Crippen LogP contribution in [0.15, 0.2) is 24.3 Å². The first-order chi connectivity index (χ1) is 16.2. The number of aliphatic hydroxyl groups excluding tert-OH is 2. The van der Waals surface area contributed by atoms with Crippen molar-refractivity contribution in [3.05, 3.63) is 46.5 Å². The van der Waals surface area contributed by atoms with Crippen LogP contribution in [0.1, 0.15) is 45.7 Å². The number of halogens is 2. The summed E-state index contributed by atoms with van der Waals surface area (Å²) in [4.78, 5) is 26.9. The van der Waals surface area contributed by atoms with Crippen molar-refractivity contribution in [2.75, 3.05) is 49.9 Å². The summed E-state index contributed by atoms with van der Waals surface area (Å²) in [6, 6.07) is 5.75. The highest BCUT2D eigenvalue weighted by Gasteiger charge is 2.37. The van der Waals surface area contributed by atoms with Crippen molar-refractivity contribution in [1.82, 2.24) is 10.6 Å². The summed E-state index contributed by atoms with van der Waals surface area (Å²) in [6.45, 7) is 6.06. The number of carbonyl (C=O) groups is 2. The van der Waals surface area contributed by atoms with E-state index in [-0.39, 0.29) is 58.6 Å². The second-order valence-electron chi connectivity index (χ2n) is 8.38. The first-order valence-electron chi connectivity index (χ1n) is 11.3. The first kappa shape index (κ1) is 31.4. The largest absolute Gasteiger partial charge is 0.507 e. The van der Waals surface area contributed by atoms with Gasteiger partial charge in [0.05, 0.1) is 34.5 Å². The molecule has 0 spiro atoms. The van der Waals surface area contributed by atoms with Gasteiger partial charge in [0.25, 0.3) is 0 Å². The van der Waals surface area contributed by atoms with Crippen LogP contribution in [-0.4, -0.2) is 83.5 Å². The Morgan fingerprint density at radius 2 is 1.00 bits per heavy atom. The van der Waals surface area contributed by atoms with Gasteiger partial charge in [-0.15, -0.1) is 24.8 Å². The number of phenolic OH excluding ortho intramolecular Hbond substituents is 2. The molecule has 0 bridgehead atoms. The Morgan fingerprint density at radius 1 is 0.639 bits per heavy atom. The zero-order valence-corrected chi connectivity index (χ0v) is 21.8. The van der Waals surface area contributed by atoms with E-state index in [1.807, 2.05) is 0 Å². The van der Waals surface area contributed by atoms with Crippen LogP contribution < -0.4 is 21.3 Å². The van der Waals surface area contributed by atoms with Gasteiger partial charge in [0, 0.05) is 50.6 Å². The lowest BCUT2D eigenvalue weighted by Crippen LogP contribution is -2.31. The maximum atomic E-state index is 13.4. The van der Waals surface area contributed by atoms with E-state index < -0.39 is 23.8 Å². The number of ketones is 2. The quantitative estimate of drug-likeness (QED) is 0.124. The molecule has 0 fully saturated rings. The highest BCUT2D eigenvalue weighted by molar-refractivity contribution is 6.33. The van der Waals surface area contributed by atoms with E-state index in [0.717, 1.165) is 0 Å². The SMILES string of the molecule is CC(O)CNCCNc1ccc(NCCNCC(C)O)c2c1C(=O)c1c(O)ccc(O)c1C2=O.Cl.Cl. The summed E-state index contributed by atoms with van der Waals surface area (Å²) in [5, 5.41) is 51.8. The lowest BCUT2D eigenvalue weighted by molar-refractivity contribution is 0.0975. The van der Waals surface area contributed by atoms with Crippen molar-refractivity contribution in [2.45, 2.75) is 26.1 Å². The van der Waals surface area contributed by atoms with E-state index in [0.29, 0.717) is 50.6 Å². The third kappa shape index (κ3) is 7.22. The molecule has 10 nitrogen and oxygen atoms in total. The molecule has 0 amide bonds. The number of rotatable bonds is 12. The predicted molar refractivity (Wildman–Crippen MR) is 144 cm³/mol. The minimum Gasteiger partial charge on any atom is -0.507 e. The first-order valence-corrected chi connectivity index (χ1v) is 11.3. The van der Waals surface area contributed by atoms with Crippen LogP contribution in [-0.2, 0) is 0 Å². The zero-order valence-electron chi connectivity index (χ0n) is 20.1. The fraction of sp³-hybridized carbons (Fsp3) is 0.417. The van der Waals surface area contributed by atoms with E-state index >= 15 is 0 Å². The molecule has 36 heavy (non-hydrogen) atoms. The molecule has 0 radical (unpaired) electrons. The van der Waals surface area contributed by atoms with Gasteiger partial charge in [0.1, 0.15) is 11.5 Å². The Kier molecular flexibility index (Phi) is 12.4. The minimum absolute atomic E-state index is 0. The van der Waals surface area contributed by atoms with Gasteiger partial charge in [-0.2, -0.15) is 0 Å². The molecule has 0 heterocycles. The van der Waals surface area contributed by atoms with Gasteiger partial charge >= 0.3 is 0 Å². The fourth-order valence-electron chi connectivity index (χ4n) is 3.85. The number of fused-ring (bicyclic) bond motifs is 2. The van der Waals surface area contributed by atoms with Crippen LogP contribution >= 0.6 is 24.8 Å². The molecule has 2 atom stereocenters. The van der Waals surface area contributed by atoms with Gasteiger partial charge in [-0.3, -0.25) is 9.59 Å². The zero-order chi connectivity index (χ0) is 24.8. The third-order valence-corrected chi connectivity index (χ3v) is 5.39. The van der Waals surface area contributed by atoms with Gasteiger partial charge in [-0.25, -0.2) is 0 Å². The van der Waals surface area contributed by atoms with Gasteiger partial charge < -0.3 is 41.7 Å². The van der Waals surface area contributed by atoms with Crippen molar-refractivity contribution in [3.8, 4) is 11.5 Å². The third-order valence-electron chi connectivity index (χ3n) is 5.39. The molecule has 2 unspecified atom stereocenters. The average molecular weight is 545 g/mol. The van der Waals surface area contributed by atoms with Crippen LogP contribution in [0.25, 0.3) is 0 Å². The molecule has 12 heteroatoms. The molecule has 0 aliphatic heterocycles. The summed E-state index contributed by atoms with van der Waals surface area (Å²) >= 11 is 0. The monoisotopic (exact) mass is 544 g/mol. The second kappa shape index (κ2) is 14.2. The summed E-state index contributed by atoms with van der Waals surface area (Å²) in [7, 11) is 0. The van der Waals surface area contributed by atoms with E-state index in [9.17, 15) is 30.0 Å². The molecule has 0 saturated heterocycles. The van der Waals surface area contributed by atoms with Crippen LogP contribution in [0.4, 0.5) is 11.4 Å². The van der Waals surface area contributed by atoms with Crippen molar-refractivity contribution in [1.29, 1.82) is 0 Å². The Bertz CT molecular complexity index is 983. The smallest absolute Gasteiger partial charge is 0.200 e. The maximum Gasteiger partial charge on any atom is 0.200 e. The Balaban J connectivity index is 0.00000324. The highest BCUT2D eigenvalue weighted by atomic mass is 35.5.